The van der Waals surface area contributed by atoms with E-state index in [1.54, 1.807) is 26.8 Å². The molecule has 214 valence electrons. The van der Waals surface area contributed by atoms with Gasteiger partial charge < -0.3 is 30.7 Å². The molecule has 9 nitrogen and oxygen atoms in total. The molecule has 3 atom stereocenters. The van der Waals surface area contributed by atoms with Crippen molar-refractivity contribution in [1.82, 2.24) is 16.0 Å². The number of nitrogens with one attached hydrogen (secondary N) is 4. The van der Waals surface area contributed by atoms with Gasteiger partial charge in [0.15, 0.2) is 0 Å². The summed E-state index contributed by atoms with van der Waals surface area (Å²) < 4.78 is 10.8. The second-order valence-corrected chi connectivity index (χ2v) is 10.7. The molecule has 2 aromatic carbocycles. The maximum atomic E-state index is 13.0. The molecule has 0 bridgehead atoms. The highest BCUT2D eigenvalue weighted by Gasteiger charge is 2.55. The number of rotatable bonds is 13. The molecule has 0 spiro atoms. The highest BCUT2D eigenvalue weighted by molar-refractivity contribution is 5.85. The van der Waals surface area contributed by atoms with Gasteiger partial charge in [0.05, 0.1) is 12.1 Å². The van der Waals surface area contributed by atoms with Gasteiger partial charge >= 0.3 is 12.2 Å². The van der Waals surface area contributed by atoms with Crippen LogP contribution in [-0.2, 0) is 26.4 Å². The van der Waals surface area contributed by atoms with E-state index in [0.717, 1.165) is 11.1 Å². The number of carbonyl (C=O) groups is 3. The quantitative estimate of drug-likeness (QED) is 0.206. The Kier molecular flexibility index (Phi) is 10.4. The number of amides is 3. The third kappa shape index (κ3) is 8.90. The molecule has 2 aromatic rings. The van der Waals surface area contributed by atoms with Gasteiger partial charge in [-0.1, -0.05) is 54.6 Å². The SMILES string of the molecule is C=CCCNC(=O)[C@@H](CNC(=O)OC(C)(C)C)Nc1cccc(C2(NC(=O)OCc3ccccc3)CC2C=C)c1. The Morgan fingerprint density at radius 3 is 2.45 bits per heavy atom. The molecule has 0 aromatic heterocycles. The zero-order valence-electron chi connectivity index (χ0n) is 23.5. The van der Waals surface area contributed by atoms with Gasteiger partial charge in [-0.3, -0.25) is 4.79 Å². The van der Waals surface area contributed by atoms with Crippen LogP contribution in [0.4, 0.5) is 15.3 Å². The van der Waals surface area contributed by atoms with Crippen LogP contribution in [0, 0.1) is 5.92 Å². The minimum Gasteiger partial charge on any atom is -0.445 e. The first-order chi connectivity index (χ1) is 19.1. The molecule has 3 amide bonds. The summed E-state index contributed by atoms with van der Waals surface area (Å²) in [5.41, 5.74) is 1.07. The maximum Gasteiger partial charge on any atom is 0.408 e. The van der Waals surface area contributed by atoms with E-state index in [-0.39, 0.29) is 25.0 Å². The lowest BCUT2D eigenvalue weighted by Gasteiger charge is -2.24. The second kappa shape index (κ2) is 13.7. The van der Waals surface area contributed by atoms with Gasteiger partial charge in [-0.2, -0.15) is 0 Å². The highest BCUT2D eigenvalue weighted by Crippen LogP contribution is 2.53. The Morgan fingerprint density at radius 2 is 1.80 bits per heavy atom. The lowest BCUT2D eigenvalue weighted by atomic mass is 10.0. The molecular weight excluding hydrogens is 508 g/mol. The van der Waals surface area contributed by atoms with Gasteiger partial charge in [0, 0.05) is 18.2 Å². The van der Waals surface area contributed by atoms with Crippen LogP contribution in [0.15, 0.2) is 79.9 Å². The molecule has 1 aliphatic carbocycles. The molecule has 4 N–H and O–H groups in total. The molecule has 1 aliphatic rings. The summed E-state index contributed by atoms with van der Waals surface area (Å²) in [6.45, 7) is 13.5. The summed E-state index contributed by atoms with van der Waals surface area (Å²) in [6.07, 6.45) is 3.69. The standard InChI is InChI=1S/C31H40N4O5/c1-6-8-17-32-27(36)26(20-33-28(37)40-30(3,4)5)34-25-16-12-15-24(18-25)31(19-23(31)7-2)35-29(38)39-21-22-13-10-9-11-14-22/h6-7,9-16,18,23,26,34H,1-2,8,17,19-21H2,3-5H3,(H,32,36)(H,33,37)(H,35,38)/t23?,26-,31?/m1/s1. The molecule has 9 heteroatoms. The van der Waals surface area contributed by atoms with Gasteiger partial charge in [-0.15, -0.1) is 13.2 Å². The van der Waals surface area contributed by atoms with Crippen molar-refractivity contribution < 1.29 is 23.9 Å². The van der Waals surface area contributed by atoms with Crippen LogP contribution < -0.4 is 21.3 Å². The van der Waals surface area contributed by atoms with Crippen LogP contribution in [0.2, 0.25) is 0 Å². The number of ether oxygens (including phenoxy) is 2. The number of carbonyl (C=O) groups excluding carboxylic acids is 3. The van der Waals surface area contributed by atoms with E-state index in [4.69, 9.17) is 9.47 Å². The number of benzene rings is 2. The summed E-state index contributed by atoms with van der Waals surface area (Å²) in [5, 5.41) is 11.8. The van der Waals surface area contributed by atoms with Crippen LogP contribution in [0.3, 0.4) is 0 Å². The lowest BCUT2D eigenvalue weighted by Crippen LogP contribution is -2.48. The van der Waals surface area contributed by atoms with Crippen LogP contribution >= 0.6 is 0 Å². The fourth-order valence-electron chi connectivity index (χ4n) is 4.28. The molecule has 3 rings (SSSR count). The predicted octanol–water partition coefficient (Wildman–Crippen LogP) is 5.01. The Hall–Kier alpha value is -4.27. The summed E-state index contributed by atoms with van der Waals surface area (Å²) in [4.78, 5) is 37.9. The van der Waals surface area contributed by atoms with Crippen molar-refractivity contribution in [1.29, 1.82) is 0 Å². The van der Waals surface area contributed by atoms with Crippen molar-refractivity contribution in [2.24, 2.45) is 5.92 Å². The normalized spacial score (nSPS) is 18.4. The van der Waals surface area contributed by atoms with Gasteiger partial charge in [0.25, 0.3) is 0 Å². The first-order valence-corrected chi connectivity index (χ1v) is 13.4. The number of hydrogen-bond donors (Lipinski definition) is 4. The predicted molar refractivity (Wildman–Crippen MR) is 156 cm³/mol. The van der Waals surface area contributed by atoms with Crippen molar-refractivity contribution in [3.63, 3.8) is 0 Å². The summed E-state index contributed by atoms with van der Waals surface area (Å²) in [5.74, 6) is -0.255. The molecular formula is C31H40N4O5. The molecule has 1 fully saturated rings. The number of hydrogen-bond acceptors (Lipinski definition) is 6. The van der Waals surface area contributed by atoms with Crippen LogP contribution in [-0.4, -0.2) is 42.8 Å². The average Bonchev–Trinajstić information content (AvgIpc) is 3.63. The van der Waals surface area contributed by atoms with E-state index in [0.29, 0.717) is 25.1 Å². The fourth-order valence-corrected chi connectivity index (χ4v) is 4.28. The number of alkyl carbamates (subject to hydrolysis) is 2. The molecule has 0 saturated heterocycles. The van der Waals surface area contributed by atoms with Crippen molar-refractivity contribution in [2.75, 3.05) is 18.4 Å². The summed E-state index contributed by atoms with van der Waals surface area (Å²) in [6, 6.07) is 16.2. The van der Waals surface area contributed by atoms with Crippen molar-refractivity contribution in [3.8, 4) is 0 Å². The Labute approximate surface area is 236 Å². The molecule has 0 heterocycles. The minimum absolute atomic E-state index is 0.00352. The van der Waals surface area contributed by atoms with E-state index in [1.807, 2.05) is 60.7 Å². The maximum absolute atomic E-state index is 13.0. The number of anilines is 1. The van der Waals surface area contributed by atoms with E-state index < -0.39 is 29.4 Å². The van der Waals surface area contributed by atoms with E-state index in [9.17, 15) is 14.4 Å². The van der Waals surface area contributed by atoms with E-state index in [2.05, 4.69) is 34.4 Å². The first kappa shape index (κ1) is 30.3. The largest absolute Gasteiger partial charge is 0.445 e. The van der Waals surface area contributed by atoms with Gasteiger partial charge in [-0.25, -0.2) is 9.59 Å². The van der Waals surface area contributed by atoms with Crippen LogP contribution in [0.5, 0.6) is 0 Å². The molecule has 0 radical (unpaired) electrons. The minimum atomic E-state index is -0.776. The lowest BCUT2D eigenvalue weighted by molar-refractivity contribution is -0.121. The zero-order valence-corrected chi connectivity index (χ0v) is 23.5. The molecule has 1 saturated carbocycles. The van der Waals surface area contributed by atoms with Gasteiger partial charge in [0.1, 0.15) is 18.2 Å². The first-order valence-electron chi connectivity index (χ1n) is 13.4. The second-order valence-electron chi connectivity index (χ2n) is 10.7. The van der Waals surface area contributed by atoms with Crippen molar-refractivity contribution in [2.45, 2.75) is 57.4 Å². The monoisotopic (exact) mass is 548 g/mol. The highest BCUT2D eigenvalue weighted by atomic mass is 16.6. The topological polar surface area (TPSA) is 118 Å². The molecule has 0 aliphatic heterocycles. The van der Waals surface area contributed by atoms with Crippen LogP contribution in [0.25, 0.3) is 0 Å². The third-order valence-electron chi connectivity index (χ3n) is 6.37. The van der Waals surface area contributed by atoms with E-state index >= 15 is 0 Å². The summed E-state index contributed by atoms with van der Waals surface area (Å²) in [7, 11) is 0. The van der Waals surface area contributed by atoms with E-state index in [1.165, 1.54) is 0 Å². The molecule has 40 heavy (non-hydrogen) atoms. The smallest absolute Gasteiger partial charge is 0.408 e. The average molecular weight is 549 g/mol. The van der Waals surface area contributed by atoms with Crippen molar-refractivity contribution >= 4 is 23.8 Å². The Morgan fingerprint density at radius 1 is 1.05 bits per heavy atom. The van der Waals surface area contributed by atoms with Crippen molar-refractivity contribution in [3.05, 3.63) is 91.0 Å². The third-order valence-corrected chi connectivity index (χ3v) is 6.37. The summed E-state index contributed by atoms with van der Waals surface area (Å²) >= 11 is 0. The van der Waals surface area contributed by atoms with Crippen LogP contribution in [0.1, 0.15) is 44.7 Å². The Balaban J connectivity index is 1.72. The fraction of sp³-hybridized carbons (Fsp3) is 0.387. The van der Waals surface area contributed by atoms with Gasteiger partial charge in [-0.05, 0) is 56.9 Å². The zero-order chi connectivity index (χ0) is 29.2. The Bertz CT molecular complexity index is 1190. The molecule has 2 unspecified atom stereocenters. The van der Waals surface area contributed by atoms with Gasteiger partial charge in [0.2, 0.25) is 5.91 Å².